The summed E-state index contributed by atoms with van der Waals surface area (Å²) in [7, 11) is 0. The maximum absolute atomic E-state index is 12.2. The molecule has 0 aliphatic carbocycles. The lowest BCUT2D eigenvalue weighted by Crippen LogP contribution is -2.18. The van der Waals surface area contributed by atoms with Crippen molar-refractivity contribution in [3.63, 3.8) is 0 Å². The lowest BCUT2D eigenvalue weighted by Gasteiger charge is -2.10. The number of carboxylic acid groups (broad SMARTS) is 1. The average molecular weight is 270 g/mol. The molecule has 102 valence electrons. The highest BCUT2D eigenvalue weighted by molar-refractivity contribution is 6.09. The third kappa shape index (κ3) is 2.83. The number of carbonyl (C=O) groups excluding carboxylic acids is 1. The van der Waals surface area contributed by atoms with Gasteiger partial charge in [-0.2, -0.15) is 0 Å². The number of hydrogen-bond donors (Lipinski definition) is 2. The summed E-state index contributed by atoms with van der Waals surface area (Å²) < 4.78 is 0. The van der Waals surface area contributed by atoms with E-state index >= 15 is 0 Å². The molecule has 20 heavy (non-hydrogen) atoms. The van der Waals surface area contributed by atoms with Crippen molar-refractivity contribution in [1.82, 2.24) is 4.98 Å². The minimum absolute atomic E-state index is 0.0964. The van der Waals surface area contributed by atoms with E-state index in [1.807, 2.05) is 32.0 Å². The molecule has 1 aromatic heterocycles. The van der Waals surface area contributed by atoms with Gasteiger partial charge < -0.3 is 10.4 Å². The van der Waals surface area contributed by atoms with Gasteiger partial charge in [0.1, 0.15) is 5.69 Å². The van der Waals surface area contributed by atoms with Gasteiger partial charge in [-0.1, -0.05) is 12.1 Å². The van der Waals surface area contributed by atoms with Crippen LogP contribution in [-0.4, -0.2) is 22.0 Å². The quantitative estimate of drug-likeness (QED) is 0.898. The molecular formula is C15H14N2O3. The molecule has 2 rings (SSSR count). The summed E-state index contributed by atoms with van der Waals surface area (Å²) in [4.78, 5) is 27.1. The molecule has 0 aliphatic heterocycles. The van der Waals surface area contributed by atoms with Gasteiger partial charge in [0.25, 0.3) is 5.91 Å². The van der Waals surface area contributed by atoms with Gasteiger partial charge in [-0.25, -0.2) is 4.79 Å². The number of amides is 1. The van der Waals surface area contributed by atoms with E-state index in [9.17, 15) is 9.59 Å². The lowest BCUT2D eigenvalue weighted by atomic mass is 10.1. The van der Waals surface area contributed by atoms with Gasteiger partial charge >= 0.3 is 5.97 Å². The van der Waals surface area contributed by atoms with Crippen molar-refractivity contribution in [2.75, 3.05) is 5.32 Å². The normalized spacial score (nSPS) is 10.1. The molecular weight excluding hydrogens is 256 g/mol. The molecule has 5 nitrogen and oxygen atoms in total. The number of anilines is 1. The van der Waals surface area contributed by atoms with Gasteiger partial charge in [0.05, 0.1) is 5.56 Å². The Hall–Kier alpha value is -2.69. The van der Waals surface area contributed by atoms with E-state index in [1.165, 1.54) is 18.3 Å². The zero-order valence-corrected chi connectivity index (χ0v) is 11.2. The Morgan fingerprint density at radius 2 is 1.95 bits per heavy atom. The van der Waals surface area contributed by atoms with Crippen molar-refractivity contribution in [2.45, 2.75) is 13.8 Å². The molecule has 1 amide bonds. The molecule has 5 heteroatoms. The van der Waals surface area contributed by atoms with Crippen molar-refractivity contribution in [2.24, 2.45) is 0 Å². The van der Waals surface area contributed by atoms with Crippen LogP contribution < -0.4 is 5.32 Å². The summed E-state index contributed by atoms with van der Waals surface area (Å²) in [5, 5.41) is 11.8. The summed E-state index contributed by atoms with van der Waals surface area (Å²) in [6.45, 7) is 3.78. The number of pyridine rings is 1. The Labute approximate surface area is 116 Å². The topological polar surface area (TPSA) is 79.3 Å². The van der Waals surface area contributed by atoms with Gasteiger partial charge in [0.2, 0.25) is 0 Å². The Morgan fingerprint density at radius 1 is 1.20 bits per heavy atom. The lowest BCUT2D eigenvalue weighted by molar-refractivity contribution is 0.0691. The molecule has 2 N–H and O–H groups in total. The second kappa shape index (κ2) is 5.52. The molecule has 0 fully saturated rings. The van der Waals surface area contributed by atoms with Crippen LogP contribution in [0, 0.1) is 13.8 Å². The van der Waals surface area contributed by atoms with Crippen molar-refractivity contribution in [3.8, 4) is 0 Å². The predicted octanol–water partition coefficient (Wildman–Crippen LogP) is 2.65. The van der Waals surface area contributed by atoms with Crippen LogP contribution in [0.2, 0.25) is 0 Å². The maximum Gasteiger partial charge on any atom is 0.338 e. The molecule has 1 heterocycles. The number of aromatic nitrogens is 1. The third-order valence-electron chi connectivity index (χ3n) is 2.89. The highest BCUT2D eigenvalue weighted by Crippen LogP contribution is 2.17. The summed E-state index contributed by atoms with van der Waals surface area (Å²) in [5.41, 5.74) is 2.34. The van der Waals surface area contributed by atoms with Gasteiger partial charge in [0.15, 0.2) is 0 Å². The zero-order valence-electron chi connectivity index (χ0n) is 11.2. The smallest absolute Gasteiger partial charge is 0.338 e. The van der Waals surface area contributed by atoms with E-state index < -0.39 is 11.9 Å². The predicted molar refractivity (Wildman–Crippen MR) is 75.1 cm³/mol. The minimum atomic E-state index is -1.18. The number of benzene rings is 1. The number of nitrogens with one attached hydrogen (secondary N) is 1. The summed E-state index contributed by atoms with van der Waals surface area (Å²) >= 11 is 0. The van der Waals surface area contributed by atoms with E-state index in [2.05, 4.69) is 10.3 Å². The van der Waals surface area contributed by atoms with E-state index in [0.717, 1.165) is 11.1 Å². The number of aryl methyl sites for hydroxylation is 2. The molecule has 1 aromatic carbocycles. The van der Waals surface area contributed by atoms with Gasteiger partial charge in [-0.3, -0.25) is 9.78 Å². The van der Waals surface area contributed by atoms with E-state index in [4.69, 9.17) is 5.11 Å². The van der Waals surface area contributed by atoms with Crippen molar-refractivity contribution < 1.29 is 14.7 Å². The fourth-order valence-electron chi connectivity index (χ4n) is 1.81. The Kier molecular flexibility index (Phi) is 3.79. The Balaban J connectivity index is 2.33. The number of rotatable bonds is 3. The number of nitrogens with zero attached hydrogens (tertiary/aromatic N) is 1. The molecule has 0 saturated heterocycles. The largest absolute Gasteiger partial charge is 0.478 e. The minimum Gasteiger partial charge on any atom is -0.478 e. The second-order valence-corrected chi connectivity index (χ2v) is 4.48. The first-order valence-electron chi connectivity index (χ1n) is 6.06. The second-order valence-electron chi connectivity index (χ2n) is 4.48. The fourth-order valence-corrected chi connectivity index (χ4v) is 1.81. The van der Waals surface area contributed by atoms with Crippen LogP contribution in [0.3, 0.4) is 0 Å². The van der Waals surface area contributed by atoms with Crippen LogP contribution >= 0.6 is 0 Å². The van der Waals surface area contributed by atoms with Gasteiger partial charge in [0, 0.05) is 11.9 Å². The highest BCUT2D eigenvalue weighted by atomic mass is 16.4. The number of carboxylic acids is 1. The monoisotopic (exact) mass is 270 g/mol. The fraction of sp³-hybridized carbons (Fsp3) is 0.133. The Bertz CT molecular complexity index is 681. The molecule has 2 aromatic rings. The van der Waals surface area contributed by atoms with E-state index in [0.29, 0.717) is 5.69 Å². The number of carbonyl (C=O) groups is 2. The summed E-state index contributed by atoms with van der Waals surface area (Å²) in [6.07, 6.45) is 1.39. The Morgan fingerprint density at radius 3 is 2.65 bits per heavy atom. The molecule has 0 unspecified atom stereocenters. The molecule has 0 bridgehead atoms. The first kappa shape index (κ1) is 13.7. The van der Waals surface area contributed by atoms with E-state index in [-0.39, 0.29) is 11.3 Å². The van der Waals surface area contributed by atoms with Crippen LogP contribution in [0.5, 0.6) is 0 Å². The average Bonchev–Trinajstić information content (AvgIpc) is 2.42. The van der Waals surface area contributed by atoms with E-state index in [1.54, 1.807) is 0 Å². The molecule has 0 radical (unpaired) electrons. The third-order valence-corrected chi connectivity index (χ3v) is 2.89. The van der Waals surface area contributed by atoms with Crippen molar-refractivity contribution >= 4 is 17.6 Å². The summed E-state index contributed by atoms with van der Waals surface area (Å²) in [6, 6.07) is 8.50. The molecule has 0 atom stereocenters. The van der Waals surface area contributed by atoms with Crippen LogP contribution in [0.25, 0.3) is 0 Å². The van der Waals surface area contributed by atoms with Crippen LogP contribution in [-0.2, 0) is 0 Å². The van der Waals surface area contributed by atoms with Crippen LogP contribution in [0.15, 0.2) is 36.5 Å². The molecule has 0 aliphatic rings. The van der Waals surface area contributed by atoms with Crippen molar-refractivity contribution in [3.05, 3.63) is 58.9 Å². The van der Waals surface area contributed by atoms with Crippen LogP contribution in [0.4, 0.5) is 5.69 Å². The standard InChI is InChI=1S/C15H14N2O3/c1-9-5-6-10(2)12(8-9)17-14(18)13-11(15(19)20)4-3-7-16-13/h3-8H,1-2H3,(H,17,18)(H,19,20). The molecule has 0 spiro atoms. The number of aromatic carboxylic acids is 1. The van der Waals surface area contributed by atoms with Gasteiger partial charge in [-0.05, 0) is 43.2 Å². The zero-order chi connectivity index (χ0) is 14.7. The number of hydrogen-bond acceptors (Lipinski definition) is 3. The molecule has 0 saturated carbocycles. The SMILES string of the molecule is Cc1ccc(C)c(NC(=O)c2ncccc2C(=O)O)c1. The van der Waals surface area contributed by atoms with Crippen LogP contribution in [0.1, 0.15) is 32.0 Å². The van der Waals surface area contributed by atoms with Crippen molar-refractivity contribution in [1.29, 1.82) is 0 Å². The first-order valence-corrected chi connectivity index (χ1v) is 6.06. The highest BCUT2D eigenvalue weighted by Gasteiger charge is 2.18. The van der Waals surface area contributed by atoms with Gasteiger partial charge in [-0.15, -0.1) is 0 Å². The summed E-state index contributed by atoms with van der Waals surface area (Å²) in [5.74, 6) is -1.71. The maximum atomic E-state index is 12.2. The first-order chi connectivity index (χ1) is 9.49.